The summed E-state index contributed by atoms with van der Waals surface area (Å²) in [7, 11) is 4.05. The summed E-state index contributed by atoms with van der Waals surface area (Å²) in [4.78, 5) is 2.07. The van der Waals surface area contributed by atoms with Gasteiger partial charge < -0.3 is 19.7 Å². The van der Waals surface area contributed by atoms with Gasteiger partial charge in [-0.05, 0) is 17.7 Å². The first-order valence-corrected chi connectivity index (χ1v) is 8.06. The molecule has 2 aromatic carbocycles. The Labute approximate surface area is 138 Å². The number of hydrogen-bond acceptors (Lipinski definition) is 4. The van der Waals surface area contributed by atoms with Crippen molar-refractivity contribution in [3.8, 4) is 5.75 Å². The van der Waals surface area contributed by atoms with Crippen molar-refractivity contribution in [1.82, 2.24) is 5.32 Å². The molecule has 0 aliphatic carbocycles. The van der Waals surface area contributed by atoms with Crippen LogP contribution in [-0.2, 0) is 4.74 Å². The summed E-state index contributed by atoms with van der Waals surface area (Å²) >= 11 is 0. The van der Waals surface area contributed by atoms with Crippen molar-refractivity contribution >= 4 is 5.69 Å². The number of rotatable bonds is 5. The quantitative estimate of drug-likeness (QED) is 0.920. The molecule has 122 valence electrons. The van der Waals surface area contributed by atoms with Crippen LogP contribution < -0.4 is 15.0 Å². The molecule has 1 saturated heterocycles. The molecule has 0 saturated carbocycles. The molecule has 3 rings (SSSR count). The second-order valence-corrected chi connectivity index (χ2v) is 5.92. The highest BCUT2D eigenvalue weighted by Gasteiger charge is 2.28. The summed E-state index contributed by atoms with van der Waals surface area (Å²) in [6, 6.07) is 18.4. The zero-order chi connectivity index (χ0) is 16.1. The van der Waals surface area contributed by atoms with Crippen LogP contribution in [0.4, 0.5) is 5.69 Å². The molecule has 0 bridgehead atoms. The van der Waals surface area contributed by atoms with Gasteiger partial charge in [-0.1, -0.05) is 42.5 Å². The van der Waals surface area contributed by atoms with Gasteiger partial charge in [0.05, 0.1) is 12.3 Å². The lowest BCUT2D eigenvalue weighted by Crippen LogP contribution is -2.43. The Kier molecular flexibility index (Phi) is 5.16. The summed E-state index contributed by atoms with van der Waals surface area (Å²) in [6.45, 7) is 2.41. The van der Waals surface area contributed by atoms with Gasteiger partial charge in [0, 0.05) is 27.2 Å². The van der Waals surface area contributed by atoms with Gasteiger partial charge in [0.1, 0.15) is 11.9 Å². The van der Waals surface area contributed by atoms with E-state index in [0.717, 1.165) is 30.1 Å². The zero-order valence-electron chi connectivity index (χ0n) is 13.7. The second-order valence-electron chi connectivity index (χ2n) is 5.92. The van der Waals surface area contributed by atoms with E-state index in [1.807, 2.05) is 50.5 Å². The van der Waals surface area contributed by atoms with E-state index in [2.05, 4.69) is 28.4 Å². The third-order valence-corrected chi connectivity index (χ3v) is 4.02. The Morgan fingerprint density at radius 2 is 1.83 bits per heavy atom. The topological polar surface area (TPSA) is 33.7 Å². The Bertz CT molecular complexity index is 610. The molecule has 1 aliphatic heterocycles. The average molecular weight is 312 g/mol. The fourth-order valence-corrected chi connectivity index (χ4v) is 2.84. The smallest absolute Gasteiger partial charge is 0.151 e. The first-order valence-electron chi connectivity index (χ1n) is 8.06. The predicted molar refractivity (Wildman–Crippen MR) is 93.2 cm³/mol. The molecule has 2 unspecified atom stereocenters. The third-order valence-electron chi connectivity index (χ3n) is 4.02. The molecule has 1 fully saturated rings. The SMILES string of the molecule is CN(C)c1ccccc1OC(c1ccccc1)C1CNCCO1. The van der Waals surface area contributed by atoms with Crippen molar-refractivity contribution in [2.75, 3.05) is 38.7 Å². The standard InChI is InChI=1S/C19H24N2O2/c1-21(2)16-10-6-7-11-17(16)23-19(15-8-4-3-5-9-15)18-14-20-12-13-22-18/h3-11,18-20H,12-14H2,1-2H3. The van der Waals surface area contributed by atoms with E-state index >= 15 is 0 Å². The van der Waals surface area contributed by atoms with Gasteiger partial charge in [0.15, 0.2) is 6.10 Å². The van der Waals surface area contributed by atoms with Gasteiger partial charge in [-0.25, -0.2) is 0 Å². The maximum absolute atomic E-state index is 6.43. The number of benzene rings is 2. The van der Waals surface area contributed by atoms with Crippen LogP contribution >= 0.6 is 0 Å². The summed E-state index contributed by atoms with van der Waals surface area (Å²) in [5.41, 5.74) is 2.20. The van der Waals surface area contributed by atoms with Gasteiger partial charge in [-0.3, -0.25) is 0 Å². The number of morpholine rings is 1. The normalized spacial score (nSPS) is 19.1. The van der Waals surface area contributed by atoms with Crippen molar-refractivity contribution in [2.45, 2.75) is 12.2 Å². The van der Waals surface area contributed by atoms with Crippen molar-refractivity contribution in [3.63, 3.8) is 0 Å². The Balaban J connectivity index is 1.90. The highest BCUT2D eigenvalue weighted by Crippen LogP contribution is 2.33. The summed E-state index contributed by atoms with van der Waals surface area (Å²) < 4.78 is 12.4. The van der Waals surface area contributed by atoms with E-state index in [4.69, 9.17) is 9.47 Å². The van der Waals surface area contributed by atoms with E-state index in [9.17, 15) is 0 Å². The van der Waals surface area contributed by atoms with E-state index in [-0.39, 0.29) is 12.2 Å². The van der Waals surface area contributed by atoms with Crippen LogP contribution in [0.25, 0.3) is 0 Å². The number of nitrogens with one attached hydrogen (secondary N) is 1. The highest BCUT2D eigenvalue weighted by atomic mass is 16.5. The highest BCUT2D eigenvalue weighted by molar-refractivity contribution is 5.57. The van der Waals surface area contributed by atoms with E-state index in [0.29, 0.717) is 6.61 Å². The van der Waals surface area contributed by atoms with Crippen molar-refractivity contribution in [1.29, 1.82) is 0 Å². The van der Waals surface area contributed by atoms with Gasteiger partial charge in [0.2, 0.25) is 0 Å². The third kappa shape index (κ3) is 3.84. The second kappa shape index (κ2) is 7.49. The van der Waals surface area contributed by atoms with Gasteiger partial charge >= 0.3 is 0 Å². The molecule has 0 aromatic heterocycles. The molecule has 1 heterocycles. The van der Waals surface area contributed by atoms with Crippen LogP contribution in [0.3, 0.4) is 0 Å². The molecule has 23 heavy (non-hydrogen) atoms. The summed E-state index contributed by atoms with van der Waals surface area (Å²) in [5, 5.41) is 3.39. The van der Waals surface area contributed by atoms with Crippen molar-refractivity contribution in [2.24, 2.45) is 0 Å². The predicted octanol–water partition coefficient (Wildman–Crippen LogP) is 2.86. The van der Waals surface area contributed by atoms with Gasteiger partial charge in [0.25, 0.3) is 0 Å². The lowest BCUT2D eigenvalue weighted by atomic mass is 10.0. The molecule has 4 nitrogen and oxygen atoms in total. The minimum Gasteiger partial charge on any atom is -0.481 e. The number of nitrogens with zero attached hydrogens (tertiary/aromatic N) is 1. The lowest BCUT2D eigenvalue weighted by Gasteiger charge is -2.32. The Morgan fingerprint density at radius 3 is 2.52 bits per heavy atom. The molecule has 2 aromatic rings. The fraction of sp³-hybridized carbons (Fsp3) is 0.368. The van der Waals surface area contributed by atoms with E-state index in [1.165, 1.54) is 0 Å². The molecule has 1 aliphatic rings. The molecule has 0 spiro atoms. The average Bonchev–Trinajstić information content (AvgIpc) is 2.61. The van der Waals surface area contributed by atoms with Crippen LogP contribution in [0.5, 0.6) is 5.75 Å². The van der Waals surface area contributed by atoms with Crippen LogP contribution in [0, 0.1) is 0 Å². The minimum absolute atomic E-state index is 0.00127. The number of ether oxygens (including phenoxy) is 2. The van der Waals surface area contributed by atoms with Crippen LogP contribution in [0.2, 0.25) is 0 Å². The zero-order valence-corrected chi connectivity index (χ0v) is 13.7. The maximum atomic E-state index is 6.43. The van der Waals surface area contributed by atoms with Gasteiger partial charge in [-0.2, -0.15) is 0 Å². The first kappa shape index (κ1) is 15.8. The maximum Gasteiger partial charge on any atom is 0.151 e. The number of anilines is 1. The van der Waals surface area contributed by atoms with Gasteiger partial charge in [-0.15, -0.1) is 0 Å². The molecule has 1 N–H and O–H groups in total. The van der Waals surface area contributed by atoms with Crippen LogP contribution in [0.1, 0.15) is 11.7 Å². The van der Waals surface area contributed by atoms with E-state index in [1.54, 1.807) is 0 Å². The number of hydrogen-bond donors (Lipinski definition) is 1. The molecule has 2 atom stereocenters. The fourth-order valence-electron chi connectivity index (χ4n) is 2.84. The molecule has 0 radical (unpaired) electrons. The monoisotopic (exact) mass is 312 g/mol. The summed E-state index contributed by atoms with van der Waals surface area (Å²) in [6.07, 6.45) is -0.133. The Hall–Kier alpha value is -2.04. The summed E-state index contributed by atoms with van der Waals surface area (Å²) in [5.74, 6) is 0.875. The van der Waals surface area contributed by atoms with Crippen LogP contribution in [-0.4, -0.2) is 39.9 Å². The largest absolute Gasteiger partial charge is 0.481 e. The molecular formula is C19H24N2O2. The molecule has 0 amide bonds. The van der Waals surface area contributed by atoms with Crippen molar-refractivity contribution < 1.29 is 9.47 Å². The molecule has 4 heteroatoms. The lowest BCUT2D eigenvalue weighted by molar-refractivity contribution is -0.0430. The molecular weight excluding hydrogens is 288 g/mol. The number of para-hydroxylation sites is 2. The van der Waals surface area contributed by atoms with Crippen LogP contribution in [0.15, 0.2) is 54.6 Å². The van der Waals surface area contributed by atoms with E-state index < -0.39 is 0 Å². The Morgan fingerprint density at radius 1 is 1.09 bits per heavy atom. The minimum atomic E-state index is -0.134. The first-order chi connectivity index (χ1) is 11.3. The van der Waals surface area contributed by atoms with Crippen molar-refractivity contribution in [3.05, 3.63) is 60.2 Å².